The maximum absolute atomic E-state index is 13.2. The second-order valence-electron chi connectivity index (χ2n) is 14.0. The molecule has 6 rings (SSSR count). The number of allylic oxidation sites excluding steroid dienone is 2. The van der Waals surface area contributed by atoms with Crippen LogP contribution in [0.5, 0.6) is 5.75 Å². The van der Waals surface area contributed by atoms with Crippen LogP contribution in [0.1, 0.15) is 50.5 Å². The highest BCUT2D eigenvalue weighted by Gasteiger charge is 2.29. The Morgan fingerprint density at radius 2 is 1.62 bits per heavy atom. The molecule has 0 fully saturated rings. The van der Waals surface area contributed by atoms with E-state index in [9.17, 15) is 14.4 Å². The Kier molecular flexibility index (Phi) is 15.0. The second kappa shape index (κ2) is 20.8. The zero-order valence-electron chi connectivity index (χ0n) is 34.4. The van der Waals surface area contributed by atoms with Gasteiger partial charge < -0.3 is 49.7 Å². The van der Waals surface area contributed by atoms with Gasteiger partial charge in [-0.2, -0.15) is 4.98 Å². The number of aliphatic imine (C=N–C) groups is 1. The van der Waals surface area contributed by atoms with Crippen molar-refractivity contribution in [2.75, 3.05) is 89.1 Å². The summed E-state index contributed by atoms with van der Waals surface area (Å²) in [5.41, 5.74) is 7.66. The second-order valence-corrected chi connectivity index (χ2v) is 14.5. The predicted molar refractivity (Wildman–Crippen MR) is 232 cm³/mol. The van der Waals surface area contributed by atoms with Gasteiger partial charge in [-0.3, -0.25) is 19.4 Å². The normalized spacial score (nSPS) is 13.9. The van der Waals surface area contributed by atoms with Gasteiger partial charge in [0.25, 0.3) is 11.8 Å². The number of nitrogens with zero attached hydrogens (tertiary/aromatic N) is 5. The van der Waals surface area contributed by atoms with E-state index in [2.05, 4.69) is 43.9 Å². The third-order valence-electron chi connectivity index (χ3n) is 9.65. The van der Waals surface area contributed by atoms with Crippen LogP contribution < -0.4 is 30.5 Å². The number of rotatable bonds is 20. The Hall–Kier alpha value is -6.07. The van der Waals surface area contributed by atoms with Crippen LogP contribution in [0, 0.1) is 13.8 Å². The molecule has 3 amide bonds. The number of aryl methyl sites for hydroxylation is 2. The molecule has 2 aromatic carbocycles. The summed E-state index contributed by atoms with van der Waals surface area (Å²) in [4.78, 5) is 58.7. The Morgan fingerprint density at radius 1 is 0.883 bits per heavy atom. The van der Waals surface area contributed by atoms with E-state index in [1.54, 1.807) is 49.6 Å². The molecule has 0 saturated heterocycles. The molecular weight excluding hydrogens is 790 g/mol. The zero-order chi connectivity index (χ0) is 42.6. The summed E-state index contributed by atoms with van der Waals surface area (Å²) in [6.45, 7) is 7.00. The van der Waals surface area contributed by atoms with Crippen LogP contribution in [0.25, 0.3) is 6.08 Å². The minimum Gasteiger partial charge on any atom is -0.495 e. The summed E-state index contributed by atoms with van der Waals surface area (Å²) >= 11 is 6.19. The average molecular weight is 840 g/mol. The molecule has 2 aromatic heterocycles. The molecule has 4 heterocycles. The lowest BCUT2D eigenvalue weighted by Gasteiger charge is -2.21. The van der Waals surface area contributed by atoms with Gasteiger partial charge >= 0.3 is 0 Å². The van der Waals surface area contributed by atoms with Crippen LogP contribution in [0.15, 0.2) is 71.5 Å². The van der Waals surface area contributed by atoms with E-state index < -0.39 is 0 Å². The monoisotopic (exact) mass is 839 g/mol. The number of benzene rings is 2. The van der Waals surface area contributed by atoms with Crippen molar-refractivity contribution >= 4 is 69.9 Å². The fourth-order valence-corrected chi connectivity index (χ4v) is 6.68. The fraction of sp³-hybridized carbons (Fsp3) is 0.349. The highest BCUT2D eigenvalue weighted by atomic mass is 35.5. The van der Waals surface area contributed by atoms with Crippen molar-refractivity contribution in [1.82, 2.24) is 25.6 Å². The lowest BCUT2D eigenvalue weighted by atomic mass is 10.1. The first-order chi connectivity index (χ1) is 29.0. The topological polar surface area (TPSA) is 185 Å². The molecular formula is C43H50ClN9O7. The number of aromatic nitrogens is 3. The van der Waals surface area contributed by atoms with E-state index in [1.807, 2.05) is 37.1 Å². The van der Waals surface area contributed by atoms with Crippen LogP contribution >= 0.6 is 11.6 Å². The van der Waals surface area contributed by atoms with Crippen molar-refractivity contribution in [3.8, 4) is 5.75 Å². The summed E-state index contributed by atoms with van der Waals surface area (Å²) in [5, 5.41) is 9.34. The molecule has 0 spiro atoms. The van der Waals surface area contributed by atoms with E-state index in [1.165, 1.54) is 17.6 Å². The van der Waals surface area contributed by atoms with E-state index in [-0.39, 0.29) is 23.7 Å². The number of anilines is 5. The van der Waals surface area contributed by atoms with Gasteiger partial charge in [0.15, 0.2) is 5.82 Å². The molecule has 16 nitrogen and oxygen atoms in total. The Morgan fingerprint density at radius 3 is 2.33 bits per heavy atom. The lowest BCUT2D eigenvalue weighted by Crippen LogP contribution is -2.28. The number of halogens is 1. The number of aromatic amines is 1. The molecule has 0 radical (unpaired) electrons. The average Bonchev–Trinajstić information content (AvgIpc) is 3.82. The zero-order valence-corrected chi connectivity index (χ0v) is 35.1. The molecule has 0 bridgehead atoms. The number of hydrogen-bond donors (Lipinski definition) is 4. The number of hydrogen-bond acceptors (Lipinski definition) is 12. The molecule has 17 heteroatoms. The number of nitrogens with one attached hydrogen (secondary N) is 4. The van der Waals surface area contributed by atoms with Crippen molar-refractivity contribution in [3.63, 3.8) is 0 Å². The standard InChI is InChI=1S/C43H50ClN9O7/c1-27-22-28(2)48-35(27)25-32-9-8-31(49-32)10-13-39(54)45-14-16-58-18-20-60-21-19-59-17-15-46-41(55)29-6-11-34(38(23-29)57-5)50-43-47-26-37-40(51-43)52(3)36-12-7-30(44)24-33(36)42(56)53(37)4/h6-9,11-12,22-26,48H,10,13-21H2,1-5H3,(H,45,54)(H,46,55)(H,47,50,51)/b32-25-. The lowest BCUT2D eigenvalue weighted by molar-refractivity contribution is -0.121. The quantitative estimate of drug-likeness (QED) is 0.0776. The Balaban J connectivity index is 0.820. The van der Waals surface area contributed by atoms with Crippen LogP contribution in [0.4, 0.5) is 28.8 Å². The first kappa shape index (κ1) is 43.5. The van der Waals surface area contributed by atoms with Gasteiger partial charge in [-0.05, 0) is 86.5 Å². The molecule has 316 valence electrons. The van der Waals surface area contributed by atoms with Gasteiger partial charge in [0.2, 0.25) is 11.9 Å². The van der Waals surface area contributed by atoms with E-state index in [0.29, 0.717) is 110 Å². The summed E-state index contributed by atoms with van der Waals surface area (Å²) in [7, 11) is 4.99. The minimum absolute atomic E-state index is 0.0479. The van der Waals surface area contributed by atoms with Crippen LogP contribution in [0.2, 0.25) is 5.02 Å². The first-order valence-corrected chi connectivity index (χ1v) is 19.9. The largest absolute Gasteiger partial charge is 0.495 e. The van der Waals surface area contributed by atoms with Gasteiger partial charge in [-0.15, -0.1) is 0 Å². The van der Waals surface area contributed by atoms with E-state index in [4.69, 9.17) is 35.5 Å². The molecule has 0 aliphatic carbocycles. The molecule has 0 atom stereocenters. The van der Waals surface area contributed by atoms with Gasteiger partial charge in [0, 0.05) is 61.3 Å². The maximum atomic E-state index is 13.2. The third kappa shape index (κ3) is 11.4. The minimum atomic E-state index is -0.289. The van der Waals surface area contributed by atoms with E-state index in [0.717, 1.165) is 22.8 Å². The number of carbonyl (C=O) groups excluding carboxylic acids is 3. The van der Waals surface area contributed by atoms with Gasteiger partial charge in [-0.25, -0.2) is 4.98 Å². The van der Waals surface area contributed by atoms with Crippen molar-refractivity contribution in [3.05, 3.63) is 99.6 Å². The fourth-order valence-electron chi connectivity index (χ4n) is 6.50. The smallest absolute Gasteiger partial charge is 0.260 e. The number of methoxy groups -OCH3 is 1. The molecule has 60 heavy (non-hydrogen) atoms. The molecule has 0 unspecified atom stereocenters. The summed E-state index contributed by atoms with van der Waals surface area (Å²) in [6, 6.07) is 12.2. The summed E-state index contributed by atoms with van der Waals surface area (Å²) in [6.07, 6.45) is 8.42. The number of H-pyrrole nitrogens is 1. The van der Waals surface area contributed by atoms with Crippen molar-refractivity contribution in [2.24, 2.45) is 4.99 Å². The van der Waals surface area contributed by atoms with Crippen LogP contribution in [-0.2, 0) is 19.0 Å². The highest BCUT2D eigenvalue weighted by Crippen LogP contribution is 2.39. The number of fused-ring (bicyclic) bond motifs is 2. The molecule has 0 saturated carbocycles. The number of carbonyl (C=O) groups is 3. The van der Waals surface area contributed by atoms with E-state index >= 15 is 0 Å². The van der Waals surface area contributed by atoms with Crippen molar-refractivity contribution < 1.29 is 33.3 Å². The Labute approximate surface area is 354 Å². The first-order valence-electron chi connectivity index (χ1n) is 19.6. The molecule has 2 aliphatic rings. The highest BCUT2D eigenvalue weighted by molar-refractivity contribution is 6.31. The van der Waals surface area contributed by atoms with Crippen molar-refractivity contribution in [2.45, 2.75) is 26.7 Å². The Bertz CT molecular complexity index is 2290. The maximum Gasteiger partial charge on any atom is 0.260 e. The van der Waals surface area contributed by atoms with Crippen LogP contribution in [-0.4, -0.2) is 112 Å². The molecule has 4 N–H and O–H groups in total. The van der Waals surface area contributed by atoms with Gasteiger partial charge in [0.05, 0.1) is 75.6 Å². The summed E-state index contributed by atoms with van der Waals surface area (Å²) < 4.78 is 22.3. The summed E-state index contributed by atoms with van der Waals surface area (Å²) in [5.74, 6) is 0.628. The van der Waals surface area contributed by atoms with Gasteiger partial charge in [0.1, 0.15) is 11.4 Å². The van der Waals surface area contributed by atoms with Crippen molar-refractivity contribution in [1.29, 1.82) is 0 Å². The predicted octanol–water partition coefficient (Wildman–Crippen LogP) is 5.91. The van der Waals surface area contributed by atoms with Gasteiger partial charge in [-0.1, -0.05) is 11.6 Å². The van der Waals surface area contributed by atoms with Crippen LogP contribution in [0.3, 0.4) is 0 Å². The number of ether oxygens (including phenoxy) is 4. The number of amides is 3. The molecule has 4 aromatic rings. The third-order valence-corrected chi connectivity index (χ3v) is 9.88. The molecule has 2 aliphatic heterocycles. The SMILES string of the molecule is COc1cc(C(=O)NCCOCCOCCOCCNC(=O)CCC2=N/C(=C\c3[nH]c(C)cc3C)C=C2)ccc1Nc1ncc2c(n1)N(C)c1ccc(Cl)cc1C(=O)N2C.